The van der Waals surface area contributed by atoms with Crippen molar-refractivity contribution in [3.05, 3.63) is 0 Å². The summed E-state index contributed by atoms with van der Waals surface area (Å²) >= 11 is 0. The average Bonchev–Trinajstić information content (AvgIpc) is 3.05. The Morgan fingerprint density at radius 1 is 0.933 bits per heavy atom. The zero-order valence-corrected chi connectivity index (χ0v) is 9.44. The Kier molecular flexibility index (Phi) is 6.87. The van der Waals surface area contributed by atoms with Gasteiger partial charge in [0.2, 0.25) is 0 Å². The van der Waals surface area contributed by atoms with Crippen molar-refractivity contribution in [3.8, 4) is 0 Å². The standard InChI is InChI=1S/C8H14O4.C2H6O/c1(9-3-7-5-11-7)2-10-4-8-6-12-8;1-3-2/h7-8H,1-6H2;1-2H3. The first-order valence-corrected chi connectivity index (χ1v) is 5.15. The lowest BCUT2D eigenvalue weighted by Gasteiger charge is -2.02. The van der Waals surface area contributed by atoms with Crippen LogP contribution < -0.4 is 0 Å². The SMILES string of the molecule is C(COCC1CO1)OCC1CO1.COC. The van der Waals surface area contributed by atoms with Crippen molar-refractivity contribution in [2.24, 2.45) is 0 Å². The zero-order chi connectivity index (χ0) is 10.9. The Labute approximate surface area is 90.6 Å². The summed E-state index contributed by atoms with van der Waals surface area (Å²) in [5.74, 6) is 0. The van der Waals surface area contributed by atoms with Crippen molar-refractivity contribution >= 4 is 0 Å². The van der Waals surface area contributed by atoms with Crippen molar-refractivity contribution in [1.29, 1.82) is 0 Å². The Bertz CT molecular complexity index is 129. The predicted octanol–water partition coefficient (Wildman–Crippen LogP) is 0.0798. The van der Waals surface area contributed by atoms with E-state index in [1.165, 1.54) is 0 Å². The molecule has 2 aliphatic rings. The lowest BCUT2D eigenvalue weighted by Crippen LogP contribution is -2.10. The number of rotatable bonds is 7. The molecule has 0 spiro atoms. The predicted molar refractivity (Wildman–Crippen MR) is 54.1 cm³/mol. The van der Waals surface area contributed by atoms with Crippen molar-refractivity contribution in [2.45, 2.75) is 12.2 Å². The van der Waals surface area contributed by atoms with Gasteiger partial charge in [-0.3, -0.25) is 0 Å². The Morgan fingerprint density at radius 3 is 1.53 bits per heavy atom. The van der Waals surface area contributed by atoms with Gasteiger partial charge in [-0.2, -0.15) is 0 Å². The first-order chi connectivity index (χ1) is 7.36. The number of methoxy groups -OCH3 is 1. The van der Waals surface area contributed by atoms with Gasteiger partial charge < -0.3 is 23.7 Å². The number of hydrogen-bond acceptors (Lipinski definition) is 5. The van der Waals surface area contributed by atoms with Crippen LogP contribution in [0, 0.1) is 0 Å². The molecule has 90 valence electrons. The largest absolute Gasteiger partial charge is 0.388 e. The van der Waals surface area contributed by atoms with Crippen LogP contribution in [0.2, 0.25) is 0 Å². The van der Waals surface area contributed by atoms with Gasteiger partial charge in [-0.25, -0.2) is 0 Å². The molecule has 5 heteroatoms. The van der Waals surface area contributed by atoms with E-state index in [2.05, 4.69) is 4.74 Å². The summed E-state index contributed by atoms with van der Waals surface area (Å²) in [6.07, 6.45) is 0.716. The van der Waals surface area contributed by atoms with Gasteiger partial charge in [0.15, 0.2) is 0 Å². The summed E-state index contributed by atoms with van der Waals surface area (Å²) in [6.45, 7) is 4.46. The van der Waals surface area contributed by atoms with E-state index in [4.69, 9.17) is 18.9 Å². The molecule has 2 aliphatic heterocycles. The molecule has 0 aliphatic carbocycles. The molecule has 0 saturated carbocycles. The average molecular weight is 220 g/mol. The molecule has 2 saturated heterocycles. The van der Waals surface area contributed by atoms with E-state index < -0.39 is 0 Å². The van der Waals surface area contributed by atoms with E-state index in [0.717, 1.165) is 13.2 Å². The van der Waals surface area contributed by atoms with Gasteiger partial charge in [0.05, 0.1) is 39.6 Å². The van der Waals surface area contributed by atoms with Crippen LogP contribution in [0.1, 0.15) is 0 Å². The molecular formula is C10H20O5. The summed E-state index contributed by atoms with van der Waals surface area (Å²) in [6, 6.07) is 0. The molecule has 0 aromatic heterocycles. The van der Waals surface area contributed by atoms with Crippen LogP contribution in [-0.4, -0.2) is 66.1 Å². The molecule has 5 nitrogen and oxygen atoms in total. The van der Waals surface area contributed by atoms with E-state index in [0.29, 0.717) is 38.6 Å². The highest BCUT2D eigenvalue weighted by Crippen LogP contribution is 2.09. The summed E-state index contributed by atoms with van der Waals surface area (Å²) in [7, 11) is 3.25. The molecule has 15 heavy (non-hydrogen) atoms. The molecule has 2 atom stereocenters. The second-order valence-electron chi connectivity index (χ2n) is 3.47. The van der Waals surface area contributed by atoms with Crippen LogP contribution in [-0.2, 0) is 23.7 Å². The van der Waals surface area contributed by atoms with Crippen LogP contribution >= 0.6 is 0 Å². The smallest absolute Gasteiger partial charge is 0.104 e. The molecule has 2 heterocycles. The van der Waals surface area contributed by atoms with Crippen molar-refractivity contribution in [3.63, 3.8) is 0 Å². The van der Waals surface area contributed by atoms with Crippen LogP contribution in [0.3, 0.4) is 0 Å². The number of hydrogen-bond donors (Lipinski definition) is 0. The lowest BCUT2D eigenvalue weighted by molar-refractivity contribution is 0.0366. The van der Waals surface area contributed by atoms with Gasteiger partial charge in [0.1, 0.15) is 12.2 Å². The molecule has 0 aromatic carbocycles. The maximum Gasteiger partial charge on any atom is 0.104 e. The minimum absolute atomic E-state index is 0.358. The molecule has 0 bridgehead atoms. The minimum atomic E-state index is 0.358. The van der Waals surface area contributed by atoms with E-state index in [-0.39, 0.29) is 0 Å². The molecule has 2 unspecified atom stereocenters. The van der Waals surface area contributed by atoms with E-state index in [1.807, 2.05) is 0 Å². The molecule has 2 fully saturated rings. The molecule has 0 aromatic rings. The normalized spacial score (nSPS) is 26.8. The van der Waals surface area contributed by atoms with Crippen LogP contribution in [0.4, 0.5) is 0 Å². The third kappa shape index (κ3) is 8.77. The van der Waals surface area contributed by atoms with Gasteiger partial charge in [0.25, 0.3) is 0 Å². The fourth-order valence-electron chi connectivity index (χ4n) is 0.876. The van der Waals surface area contributed by atoms with E-state index >= 15 is 0 Å². The number of ether oxygens (including phenoxy) is 5. The van der Waals surface area contributed by atoms with E-state index in [1.54, 1.807) is 14.2 Å². The summed E-state index contributed by atoms with van der Waals surface area (Å²) in [5, 5.41) is 0. The first kappa shape index (κ1) is 12.9. The molecule has 0 N–H and O–H groups in total. The topological polar surface area (TPSA) is 52.8 Å². The highest BCUT2D eigenvalue weighted by Gasteiger charge is 2.23. The zero-order valence-electron chi connectivity index (χ0n) is 9.44. The second-order valence-corrected chi connectivity index (χ2v) is 3.47. The summed E-state index contributed by atoms with van der Waals surface area (Å²) in [4.78, 5) is 0. The Balaban J connectivity index is 0.000000337. The van der Waals surface area contributed by atoms with Crippen LogP contribution in [0.5, 0.6) is 0 Å². The van der Waals surface area contributed by atoms with Gasteiger partial charge in [-0.05, 0) is 0 Å². The van der Waals surface area contributed by atoms with E-state index in [9.17, 15) is 0 Å². The van der Waals surface area contributed by atoms with Crippen molar-refractivity contribution in [1.82, 2.24) is 0 Å². The van der Waals surface area contributed by atoms with Crippen LogP contribution in [0.25, 0.3) is 0 Å². The monoisotopic (exact) mass is 220 g/mol. The molecule has 2 rings (SSSR count). The van der Waals surface area contributed by atoms with Gasteiger partial charge >= 0.3 is 0 Å². The third-order valence-electron chi connectivity index (χ3n) is 1.78. The van der Waals surface area contributed by atoms with Gasteiger partial charge in [-0.15, -0.1) is 0 Å². The summed E-state index contributed by atoms with van der Waals surface area (Å²) in [5.41, 5.74) is 0. The van der Waals surface area contributed by atoms with Gasteiger partial charge in [0, 0.05) is 14.2 Å². The van der Waals surface area contributed by atoms with Gasteiger partial charge in [-0.1, -0.05) is 0 Å². The maximum absolute atomic E-state index is 5.27. The highest BCUT2D eigenvalue weighted by atomic mass is 16.6. The fraction of sp³-hybridized carbons (Fsp3) is 1.00. The molecule has 0 radical (unpaired) electrons. The Morgan fingerprint density at radius 2 is 1.27 bits per heavy atom. The quantitative estimate of drug-likeness (QED) is 0.449. The van der Waals surface area contributed by atoms with Crippen molar-refractivity contribution < 1.29 is 23.7 Å². The minimum Gasteiger partial charge on any atom is -0.388 e. The number of epoxide rings is 2. The molecular weight excluding hydrogens is 200 g/mol. The third-order valence-corrected chi connectivity index (χ3v) is 1.78. The lowest BCUT2D eigenvalue weighted by atomic mass is 10.5. The first-order valence-electron chi connectivity index (χ1n) is 5.15. The second kappa shape index (κ2) is 8.01. The highest BCUT2D eigenvalue weighted by molar-refractivity contribution is 4.68. The van der Waals surface area contributed by atoms with Crippen LogP contribution in [0.15, 0.2) is 0 Å². The fourth-order valence-corrected chi connectivity index (χ4v) is 0.876. The Hall–Kier alpha value is -0.200. The van der Waals surface area contributed by atoms with Crippen molar-refractivity contribution in [2.75, 3.05) is 53.9 Å². The molecule has 0 amide bonds. The summed E-state index contributed by atoms with van der Waals surface area (Å²) < 4.78 is 24.7. The maximum atomic E-state index is 5.27.